The van der Waals surface area contributed by atoms with Crippen molar-refractivity contribution in [2.45, 2.75) is 19.4 Å². The lowest BCUT2D eigenvalue weighted by atomic mass is 9.99. The van der Waals surface area contributed by atoms with E-state index in [2.05, 4.69) is 10.4 Å². The Labute approximate surface area is 141 Å². The van der Waals surface area contributed by atoms with Crippen LogP contribution >= 0.6 is 0 Å². The SMILES string of the molecule is COc1ccccc1/C(C)=C/C(=O)NCC(C)(O)c1cnn(C)c1. The lowest BCUT2D eigenvalue weighted by Crippen LogP contribution is -2.37. The highest BCUT2D eigenvalue weighted by molar-refractivity contribution is 5.95. The zero-order valence-corrected chi connectivity index (χ0v) is 14.4. The van der Waals surface area contributed by atoms with Crippen molar-refractivity contribution in [3.63, 3.8) is 0 Å². The van der Waals surface area contributed by atoms with Gasteiger partial charge in [0, 0.05) is 30.4 Å². The Bertz CT molecular complexity index is 747. The molecule has 128 valence electrons. The molecule has 1 unspecified atom stereocenters. The number of ether oxygens (including phenoxy) is 1. The van der Waals surface area contributed by atoms with E-state index in [1.54, 1.807) is 38.2 Å². The van der Waals surface area contributed by atoms with Gasteiger partial charge < -0.3 is 15.2 Å². The number of aliphatic hydroxyl groups is 1. The molecule has 1 heterocycles. The number of para-hydroxylation sites is 1. The van der Waals surface area contributed by atoms with Crippen LogP contribution in [-0.2, 0) is 17.4 Å². The molecule has 2 N–H and O–H groups in total. The van der Waals surface area contributed by atoms with Gasteiger partial charge in [0.25, 0.3) is 0 Å². The number of rotatable bonds is 6. The molecule has 0 bridgehead atoms. The summed E-state index contributed by atoms with van der Waals surface area (Å²) in [5.74, 6) is 0.434. The number of aromatic nitrogens is 2. The molecule has 1 aromatic carbocycles. The number of methoxy groups -OCH3 is 1. The van der Waals surface area contributed by atoms with Crippen LogP contribution in [0.15, 0.2) is 42.7 Å². The van der Waals surface area contributed by atoms with Gasteiger partial charge in [-0.25, -0.2) is 0 Å². The van der Waals surface area contributed by atoms with E-state index in [4.69, 9.17) is 4.74 Å². The summed E-state index contributed by atoms with van der Waals surface area (Å²) in [6, 6.07) is 7.50. The van der Waals surface area contributed by atoms with E-state index in [1.807, 2.05) is 31.2 Å². The third kappa shape index (κ3) is 4.23. The number of benzene rings is 1. The molecule has 0 radical (unpaired) electrons. The van der Waals surface area contributed by atoms with E-state index >= 15 is 0 Å². The summed E-state index contributed by atoms with van der Waals surface area (Å²) in [4.78, 5) is 12.1. The van der Waals surface area contributed by atoms with E-state index in [0.29, 0.717) is 11.3 Å². The Hall–Kier alpha value is -2.60. The highest BCUT2D eigenvalue weighted by Crippen LogP contribution is 2.25. The quantitative estimate of drug-likeness (QED) is 0.793. The number of aryl methyl sites for hydroxylation is 1. The second-order valence-electron chi connectivity index (χ2n) is 5.92. The second kappa shape index (κ2) is 7.31. The first-order chi connectivity index (χ1) is 11.3. The van der Waals surface area contributed by atoms with Crippen LogP contribution in [-0.4, -0.2) is 34.4 Å². The average molecular weight is 329 g/mol. The fraction of sp³-hybridized carbons (Fsp3) is 0.333. The summed E-state index contributed by atoms with van der Waals surface area (Å²) in [6.07, 6.45) is 4.81. The van der Waals surface area contributed by atoms with Crippen LogP contribution < -0.4 is 10.1 Å². The standard InChI is InChI=1S/C18H23N3O3/c1-13(15-7-5-6-8-16(15)24-4)9-17(22)19-12-18(2,23)14-10-20-21(3)11-14/h5-11,23H,12H2,1-4H3,(H,19,22)/b13-9+. The minimum atomic E-state index is -1.18. The summed E-state index contributed by atoms with van der Waals surface area (Å²) in [6.45, 7) is 3.57. The van der Waals surface area contributed by atoms with Crippen molar-refractivity contribution in [1.82, 2.24) is 15.1 Å². The minimum Gasteiger partial charge on any atom is -0.496 e. The molecule has 1 amide bonds. The van der Waals surface area contributed by atoms with Crippen LogP contribution in [0.5, 0.6) is 5.75 Å². The average Bonchev–Trinajstić information content (AvgIpc) is 3.00. The number of allylic oxidation sites excluding steroid dienone is 1. The highest BCUT2D eigenvalue weighted by atomic mass is 16.5. The molecule has 0 saturated carbocycles. The van der Waals surface area contributed by atoms with Crippen molar-refractivity contribution >= 4 is 11.5 Å². The van der Waals surface area contributed by atoms with Crippen LogP contribution in [0.2, 0.25) is 0 Å². The van der Waals surface area contributed by atoms with Gasteiger partial charge >= 0.3 is 0 Å². The molecule has 2 aromatic rings. The first-order valence-corrected chi connectivity index (χ1v) is 7.64. The number of nitrogens with zero attached hydrogens (tertiary/aromatic N) is 2. The monoisotopic (exact) mass is 329 g/mol. The fourth-order valence-electron chi connectivity index (χ4n) is 2.36. The van der Waals surface area contributed by atoms with E-state index in [1.165, 1.54) is 6.08 Å². The zero-order chi connectivity index (χ0) is 17.7. The van der Waals surface area contributed by atoms with Crippen molar-refractivity contribution in [1.29, 1.82) is 0 Å². The molecular weight excluding hydrogens is 306 g/mol. The molecule has 6 nitrogen and oxygen atoms in total. The second-order valence-corrected chi connectivity index (χ2v) is 5.92. The van der Waals surface area contributed by atoms with Crippen LogP contribution in [0.25, 0.3) is 5.57 Å². The zero-order valence-electron chi connectivity index (χ0n) is 14.4. The number of nitrogens with one attached hydrogen (secondary N) is 1. The molecule has 0 aliphatic heterocycles. The molecule has 1 aromatic heterocycles. The third-order valence-electron chi connectivity index (χ3n) is 3.81. The predicted octanol–water partition coefficient (Wildman–Crippen LogP) is 1.86. The number of amides is 1. The van der Waals surface area contributed by atoms with E-state index < -0.39 is 5.60 Å². The number of hydrogen-bond acceptors (Lipinski definition) is 4. The van der Waals surface area contributed by atoms with Crippen molar-refractivity contribution in [3.05, 3.63) is 53.9 Å². The van der Waals surface area contributed by atoms with Crippen molar-refractivity contribution in [2.24, 2.45) is 7.05 Å². The maximum absolute atomic E-state index is 12.1. The van der Waals surface area contributed by atoms with Crippen molar-refractivity contribution in [2.75, 3.05) is 13.7 Å². The van der Waals surface area contributed by atoms with Crippen LogP contribution in [0.3, 0.4) is 0 Å². The van der Waals surface area contributed by atoms with E-state index in [9.17, 15) is 9.90 Å². The normalized spacial score (nSPS) is 14.1. The van der Waals surface area contributed by atoms with Gasteiger partial charge in [-0.05, 0) is 25.5 Å². The van der Waals surface area contributed by atoms with Crippen LogP contribution in [0, 0.1) is 0 Å². The van der Waals surface area contributed by atoms with E-state index in [0.717, 1.165) is 11.1 Å². The Kier molecular flexibility index (Phi) is 5.41. The Morgan fingerprint density at radius 1 is 1.46 bits per heavy atom. The minimum absolute atomic E-state index is 0.0905. The Morgan fingerprint density at radius 2 is 2.17 bits per heavy atom. The molecule has 6 heteroatoms. The first kappa shape index (κ1) is 17.7. The Morgan fingerprint density at radius 3 is 2.79 bits per heavy atom. The highest BCUT2D eigenvalue weighted by Gasteiger charge is 2.25. The summed E-state index contributed by atoms with van der Waals surface area (Å²) in [5, 5.41) is 17.2. The van der Waals surface area contributed by atoms with Gasteiger partial charge in [-0.15, -0.1) is 0 Å². The molecule has 0 spiro atoms. The van der Waals surface area contributed by atoms with Gasteiger partial charge in [-0.1, -0.05) is 18.2 Å². The molecule has 0 aliphatic rings. The smallest absolute Gasteiger partial charge is 0.244 e. The van der Waals surface area contributed by atoms with Gasteiger partial charge in [0.05, 0.1) is 19.9 Å². The number of carbonyl (C=O) groups is 1. The Balaban J connectivity index is 2.04. The molecular formula is C18H23N3O3. The van der Waals surface area contributed by atoms with Gasteiger partial charge in [-0.3, -0.25) is 9.48 Å². The predicted molar refractivity (Wildman–Crippen MR) is 92.4 cm³/mol. The lowest BCUT2D eigenvalue weighted by molar-refractivity contribution is -0.117. The summed E-state index contributed by atoms with van der Waals surface area (Å²) < 4.78 is 6.91. The van der Waals surface area contributed by atoms with Gasteiger partial charge in [0.15, 0.2) is 0 Å². The van der Waals surface area contributed by atoms with Gasteiger partial charge in [-0.2, -0.15) is 5.10 Å². The third-order valence-corrected chi connectivity index (χ3v) is 3.81. The first-order valence-electron chi connectivity index (χ1n) is 7.64. The van der Waals surface area contributed by atoms with E-state index in [-0.39, 0.29) is 12.5 Å². The maximum atomic E-state index is 12.1. The summed E-state index contributed by atoms with van der Waals surface area (Å²) in [7, 11) is 3.37. The largest absolute Gasteiger partial charge is 0.496 e. The topological polar surface area (TPSA) is 76.4 Å². The lowest BCUT2D eigenvalue weighted by Gasteiger charge is -2.21. The maximum Gasteiger partial charge on any atom is 0.244 e. The van der Waals surface area contributed by atoms with Gasteiger partial charge in [0.2, 0.25) is 5.91 Å². The van der Waals surface area contributed by atoms with Crippen molar-refractivity contribution < 1.29 is 14.6 Å². The molecule has 1 atom stereocenters. The van der Waals surface area contributed by atoms with Crippen LogP contribution in [0.1, 0.15) is 25.0 Å². The van der Waals surface area contributed by atoms with Gasteiger partial charge in [0.1, 0.15) is 11.4 Å². The summed E-state index contributed by atoms with van der Waals surface area (Å²) >= 11 is 0. The molecule has 0 aliphatic carbocycles. The molecule has 0 fully saturated rings. The number of carbonyl (C=O) groups excluding carboxylic acids is 1. The van der Waals surface area contributed by atoms with Crippen molar-refractivity contribution in [3.8, 4) is 5.75 Å². The number of hydrogen-bond donors (Lipinski definition) is 2. The van der Waals surface area contributed by atoms with Crippen LogP contribution in [0.4, 0.5) is 0 Å². The molecule has 24 heavy (non-hydrogen) atoms. The summed E-state index contributed by atoms with van der Waals surface area (Å²) in [5.41, 5.74) is 1.10. The fourth-order valence-corrected chi connectivity index (χ4v) is 2.36. The molecule has 0 saturated heterocycles. The molecule has 2 rings (SSSR count).